The largest absolute Gasteiger partial charge is 0.479 e. The molecule has 0 fully saturated rings. The molecule has 1 amide bonds. The van der Waals surface area contributed by atoms with Crippen molar-refractivity contribution in [2.75, 3.05) is 0 Å². The van der Waals surface area contributed by atoms with E-state index in [1.54, 1.807) is 48.8 Å². The van der Waals surface area contributed by atoms with Crippen molar-refractivity contribution in [1.29, 1.82) is 0 Å². The molecule has 2 aromatic rings. The van der Waals surface area contributed by atoms with Crippen LogP contribution in [0.1, 0.15) is 23.6 Å². The van der Waals surface area contributed by atoms with Crippen LogP contribution in [0.15, 0.2) is 54.9 Å². The highest BCUT2D eigenvalue weighted by Crippen LogP contribution is 2.13. The third-order valence-corrected chi connectivity index (χ3v) is 3.05. The zero-order valence-corrected chi connectivity index (χ0v) is 11.4. The Kier molecular flexibility index (Phi) is 5.04. The number of carbonyl (C=O) groups is 2. The average molecular weight is 284 g/mol. The maximum absolute atomic E-state index is 11.9. The van der Waals surface area contributed by atoms with E-state index in [0.29, 0.717) is 12.0 Å². The number of nitrogens with zero attached hydrogens (tertiary/aromatic N) is 1. The van der Waals surface area contributed by atoms with E-state index < -0.39 is 12.0 Å². The predicted molar refractivity (Wildman–Crippen MR) is 77.5 cm³/mol. The molecular formula is C16H16N2O3. The first-order valence-corrected chi connectivity index (χ1v) is 6.63. The summed E-state index contributed by atoms with van der Waals surface area (Å²) in [7, 11) is 0. The topological polar surface area (TPSA) is 79.3 Å². The van der Waals surface area contributed by atoms with E-state index in [1.807, 2.05) is 6.07 Å². The molecule has 0 radical (unpaired) electrons. The molecule has 1 aromatic carbocycles. The fourth-order valence-corrected chi connectivity index (χ4v) is 1.97. The molecule has 2 rings (SSSR count). The van der Waals surface area contributed by atoms with Crippen LogP contribution in [0.25, 0.3) is 0 Å². The van der Waals surface area contributed by atoms with Gasteiger partial charge < -0.3 is 10.4 Å². The SMILES string of the molecule is O=C(CCc1cccnc1)N[C@H](C(=O)O)c1ccccc1. The van der Waals surface area contributed by atoms with Crippen LogP contribution in [-0.2, 0) is 16.0 Å². The number of carbonyl (C=O) groups excluding carboxylic acids is 1. The monoisotopic (exact) mass is 284 g/mol. The summed E-state index contributed by atoms with van der Waals surface area (Å²) in [6.45, 7) is 0. The second-order valence-corrected chi connectivity index (χ2v) is 4.61. The summed E-state index contributed by atoms with van der Waals surface area (Å²) in [4.78, 5) is 27.2. The minimum atomic E-state index is -1.07. The Morgan fingerprint density at radius 3 is 2.52 bits per heavy atom. The Bertz CT molecular complexity index is 599. The zero-order chi connectivity index (χ0) is 15.1. The Balaban J connectivity index is 1.95. The molecule has 0 saturated heterocycles. The summed E-state index contributed by atoms with van der Waals surface area (Å²) in [5.41, 5.74) is 1.50. The third-order valence-electron chi connectivity index (χ3n) is 3.05. The normalized spacial score (nSPS) is 11.6. The second-order valence-electron chi connectivity index (χ2n) is 4.61. The lowest BCUT2D eigenvalue weighted by Crippen LogP contribution is -2.33. The van der Waals surface area contributed by atoms with Crippen molar-refractivity contribution in [1.82, 2.24) is 10.3 Å². The van der Waals surface area contributed by atoms with Gasteiger partial charge in [-0.05, 0) is 23.6 Å². The summed E-state index contributed by atoms with van der Waals surface area (Å²) in [6, 6.07) is 11.3. The molecule has 2 N–H and O–H groups in total. The highest BCUT2D eigenvalue weighted by molar-refractivity contribution is 5.84. The molecule has 1 aromatic heterocycles. The van der Waals surface area contributed by atoms with Crippen molar-refractivity contribution in [2.24, 2.45) is 0 Å². The predicted octanol–water partition coefficient (Wildman–Crippen LogP) is 1.96. The van der Waals surface area contributed by atoms with Gasteiger partial charge in [0.15, 0.2) is 6.04 Å². The number of amides is 1. The number of hydrogen-bond donors (Lipinski definition) is 2. The average Bonchev–Trinajstić information content (AvgIpc) is 2.52. The van der Waals surface area contributed by atoms with E-state index in [2.05, 4.69) is 10.3 Å². The lowest BCUT2D eigenvalue weighted by atomic mass is 10.1. The van der Waals surface area contributed by atoms with Crippen molar-refractivity contribution in [3.05, 3.63) is 66.0 Å². The van der Waals surface area contributed by atoms with Crippen LogP contribution in [0.3, 0.4) is 0 Å². The molecule has 21 heavy (non-hydrogen) atoms. The summed E-state index contributed by atoms with van der Waals surface area (Å²) in [5, 5.41) is 11.8. The Labute approximate surface area is 122 Å². The number of pyridine rings is 1. The third kappa shape index (κ3) is 4.42. The molecule has 0 aliphatic carbocycles. The van der Waals surface area contributed by atoms with Crippen LogP contribution in [-0.4, -0.2) is 22.0 Å². The fourth-order valence-electron chi connectivity index (χ4n) is 1.97. The summed E-state index contributed by atoms with van der Waals surface area (Å²) in [5.74, 6) is -1.37. The number of aliphatic carboxylic acids is 1. The number of aromatic nitrogens is 1. The molecular weight excluding hydrogens is 268 g/mol. The lowest BCUT2D eigenvalue weighted by molar-refractivity contribution is -0.142. The fraction of sp³-hybridized carbons (Fsp3) is 0.188. The quantitative estimate of drug-likeness (QED) is 0.849. The maximum Gasteiger partial charge on any atom is 0.330 e. The number of hydrogen-bond acceptors (Lipinski definition) is 3. The smallest absolute Gasteiger partial charge is 0.330 e. The van der Waals surface area contributed by atoms with Gasteiger partial charge in [-0.3, -0.25) is 9.78 Å². The maximum atomic E-state index is 11.9. The minimum Gasteiger partial charge on any atom is -0.479 e. The van der Waals surface area contributed by atoms with Gasteiger partial charge in [-0.1, -0.05) is 36.4 Å². The van der Waals surface area contributed by atoms with E-state index in [9.17, 15) is 14.7 Å². The number of rotatable bonds is 6. The molecule has 0 aliphatic heterocycles. The molecule has 5 heteroatoms. The van der Waals surface area contributed by atoms with Crippen molar-refractivity contribution in [3.63, 3.8) is 0 Å². The first-order valence-electron chi connectivity index (χ1n) is 6.63. The number of carboxylic acid groups (broad SMARTS) is 1. The second kappa shape index (κ2) is 7.19. The van der Waals surface area contributed by atoms with Gasteiger partial charge in [-0.15, -0.1) is 0 Å². The highest BCUT2D eigenvalue weighted by Gasteiger charge is 2.21. The van der Waals surface area contributed by atoms with Gasteiger partial charge in [0, 0.05) is 18.8 Å². The van der Waals surface area contributed by atoms with E-state index in [-0.39, 0.29) is 12.3 Å². The first-order chi connectivity index (χ1) is 10.2. The van der Waals surface area contributed by atoms with Gasteiger partial charge in [0.25, 0.3) is 0 Å². The Morgan fingerprint density at radius 2 is 1.90 bits per heavy atom. The molecule has 0 saturated carbocycles. The molecule has 0 spiro atoms. The molecule has 1 atom stereocenters. The van der Waals surface area contributed by atoms with Crippen molar-refractivity contribution in [2.45, 2.75) is 18.9 Å². The van der Waals surface area contributed by atoms with Crippen LogP contribution in [0.4, 0.5) is 0 Å². The molecule has 0 unspecified atom stereocenters. The van der Waals surface area contributed by atoms with E-state index in [0.717, 1.165) is 5.56 Å². The number of benzene rings is 1. The van der Waals surface area contributed by atoms with E-state index >= 15 is 0 Å². The number of aryl methyl sites for hydroxylation is 1. The standard InChI is InChI=1S/C16H16N2O3/c19-14(9-8-12-5-4-10-17-11-12)18-15(16(20)21)13-6-2-1-3-7-13/h1-7,10-11,15H,8-9H2,(H,18,19)(H,20,21)/t15-/m0/s1. The van der Waals surface area contributed by atoms with Crippen LogP contribution in [0.5, 0.6) is 0 Å². The van der Waals surface area contributed by atoms with Gasteiger partial charge in [0.05, 0.1) is 0 Å². The van der Waals surface area contributed by atoms with Crippen LogP contribution in [0, 0.1) is 0 Å². The van der Waals surface area contributed by atoms with Gasteiger partial charge >= 0.3 is 5.97 Å². The molecule has 0 aliphatic rings. The van der Waals surface area contributed by atoms with E-state index in [4.69, 9.17) is 0 Å². The van der Waals surface area contributed by atoms with Gasteiger partial charge in [0.2, 0.25) is 5.91 Å². The molecule has 5 nitrogen and oxygen atoms in total. The Morgan fingerprint density at radius 1 is 1.14 bits per heavy atom. The van der Waals surface area contributed by atoms with Crippen molar-refractivity contribution in [3.8, 4) is 0 Å². The summed E-state index contributed by atoms with van der Waals surface area (Å²) in [6.07, 6.45) is 4.11. The van der Waals surface area contributed by atoms with Gasteiger partial charge in [-0.25, -0.2) is 4.79 Å². The van der Waals surface area contributed by atoms with Crippen molar-refractivity contribution < 1.29 is 14.7 Å². The number of carboxylic acids is 1. The van der Waals surface area contributed by atoms with Crippen LogP contribution in [0.2, 0.25) is 0 Å². The minimum absolute atomic E-state index is 0.225. The Hall–Kier alpha value is -2.69. The first kappa shape index (κ1) is 14.7. The van der Waals surface area contributed by atoms with Crippen LogP contribution >= 0.6 is 0 Å². The van der Waals surface area contributed by atoms with Gasteiger partial charge in [-0.2, -0.15) is 0 Å². The summed E-state index contributed by atoms with van der Waals surface area (Å²) < 4.78 is 0. The molecule has 1 heterocycles. The van der Waals surface area contributed by atoms with Crippen molar-refractivity contribution >= 4 is 11.9 Å². The molecule has 108 valence electrons. The lowest BCUT2D eigenvalue weighted by Gasteiger charge is -2.14. The highest BCUT2D eigenvalue weighted by atomic mass is 16.4. The van der Waals surface area contributed by atoms with Crippen LogP contribution < -0.4 is 5.32 Å². The number of nitrogens with one attached hydrogen (secondary N) is 1. The summed E-state index contributed by atoms with van der Waals surface area (Å²) >= 11 is 0. The van der Waals surface area contributed by atoms with E-state index in [1.165, 1.54) is 0 Å². The zero-order valence-electron chi connectivity index (χ0n) is 11.4. The van der Waals surface area contributed by atoms with Gasteiger partial charge in [0.1, 0.15) is 0 Å². The molecule has 0 bridgehead atoms.